The van der Waals surface area contributed by atoms with Crippen molar-refractivity contribution in [3.8, 4) is 0 Å². The van der Waals surface area contributed by atoms with Crippen LogP contribution in [-0.2, 0) is 14.4 Å². The van der Waals surface area contributed by atoms with Crippen molar-refractivity contribution >= 4 is 17.8 Å². The minimum Gasteiger partial charge on any atom is -0.481 e. The van der Waals surface area contributed by atoms with Gasteiger partial charge in [-0.25, -0.2) is 0 Å². The molecule has 22 heavy (non-hydrogen) atoms. The predicted octanol–water partition coefficient (Wildman–Crippen LogP) is 0.515. The molecular formula is C15H28N2O5. The zero-order valence-corrected chi connectivity index (χ0v) is 13.8. The van der Waals surface area contributed by atoms with Crippen molar-refractivity contribution < 1.29 is 24.6 Å². The number of amides is 2. The van der Waals surface area contributed by atoms with Gasteiger partial charge in [0, 0.05) is 6.54 Å². The molecule has 0 aromatic rings. The lowest BCUT2D eigenvalue weighted by Gasteiger charge is -2.22. The number of hydrogen-bond donors (Lipinski definition) is 4. The highest BCUT2D eigenvalue weighted by atomic mass is 16.4. The molecule has 128 valence electrons. The van der Waals surface area contributed by atoms with E-state index in [1.54, 1.807) is 0 Å². The van der Waals surface area contributed by atoms with Gasteiger partial charge in [-0.2, -0.15) is 0 Å². The Morgan fingerprint density at radius 2 is 1.68 bits per heavy atom. The first kappa shape index (κ1) is 20.4. The molecule has 0 aliphatic heterocycles. The first-order chi connectivity index (χ1) is 10.2. The lowest BCUT2D eigenvalue weighted by molar-refractivity contribution is -0.144. The highest BCUT2D eigenvalue weighted by molar-refractivity contribution is 5.90. The van der Waals surface area contributed by atoms with Gasteiger partial charge in [0.15, 0.2) is 0 Å². The van der Waals surface area contributed by atoms with E-state index in [9.17, 15) is 19.5 Å². The van der Waals surface area contributed by atoms with Crippen LogP contribution in [0.5, 0.6) is 0 Å². The normalized spacial score (nSPS) is 15.0. The third-order valence-corrected chi connectivity index (χ3v) is 3.33. The highest BCUT2D eigenvalue weighted by Crippen LogP contribution is 2.07. The molecule has 0 radical (unpaired) electrons. The molecule has 4 N–H and O–H groups in total. The van der Waals surface area contributed by atoms with E-state index in [2.05, 4.69) is 10.6 Å². The van der Waals surface area contributed by atoms with Gasteiger partial charge in [0.25, 0.3) is 0 Å². The molecule has 0 saturated heterocycles. The fraction of sp³-hybridized carbons (Fsp3) is 0.800. The van der Waals surface area contributed by atoms with E-state index >= 15 is 0 Å². The molecule has 7 nitrogen and oxygen atoms in total. The number of carbonyl (C=O) groups excluding carboxylic acids is 2. The van der Waals surface area contributed by atoms with E-state index in [1.165, 1.54) is 0 Å². The molecule has 3 atom stereocenters. The van der Waals surface area contributed by atoms with Crippen molar-refractivity contribution in [3.63, 3.8) is 0 Å². The highest BCUT2D eigenvalue weighted by Gasteiger charge is 2.26. The van der Waals surface area contributed by atoms with Crippen LogP contribution in [0, 0.1) is 11.8 Å². The summed E-state index contributed by atoms with van der Waals surface area (Å²) >= 11 is 0. The smallest absolute Gasteiger partial charge is 0.306 e. The first-order valence-corrected chi connectivity index (χ1v) is 7.65. The van der Waals surface area contributed by atoms with Crippen LogP contribution in [0.4, 0.5) is 0 Å². The number of rotatable bonds is 10. The molecule has 0 fully saturated rings. The molecule has 0 bridgehead atoms. The summed E-state index contributed by atoms with van der Waals surface area (Å²) in [5, 5.41) is 23.3. The molecule has 0 aliphatic carbocycles. The quantitative estimate of drug-likeness (QED) is 0.469. The van der Waals surface area contributed by atoms with Crippen LogP contribution in [0.1, 0.15) is 47.0 Å². The summed E-state index contributed by atoms with van der Waals surface area (Å²) in [5.41, 5.74) is 0. The third-order valence-electron chi connectivity index (χ3n) is 3.33. The molecule has 0 aromatic heterocycles. The minimum atomic E-state index is -1.66. The lowest BCUT2D eigenvalue weighted by atomic mass is 10.0. The van der Waals surface area contributed by atoms with Gasteiger partial charge in [-0.3, -0.25) is 14.4 Å². The molecule has 0 aromatic carbocycles. The second kappa shape index (κ2) is 10.2. The number of carboxylic acids is 1. The van der Waals surface area contributed by atoms with E-state index < -0.39 is 30.4 Å². The van der Waals surface area contributed by atoms with Crippen LogP contribution in [0.15, 0.2) is 0 Å². The summed E-state index contributed by atoms with van der Waals surface area (Å²) in [5.74, 6) is -1.94. The topological polar surface area (TPSA) is 116 Å². The zero-order chi connectivity index (χ0) is 17.3. The summed E-state index contributed by atoms with van der Waals surface area (Å²) in [6.07, 6.45) is -1.000. The molecule has 2 unspecified atom stereocenters. The largest absolute Gasteiger partial charge is 0.481 e. The summed E-state index contributed by atoms with van der Waals surface area (Å²) in [6, 6.07) is -0.778. The first-order valence-electron chi connectivity index (χ1n) is 7.65. The van der Waals surface area contributed by atoms with Crippen LogP contribution < -0.4 is 10.6 Å². The molecule has 0 rings (SSSR count). The van der Waals surface area contributed by atoms with E-state index in [0.717, 1.165) is 6.42 Å². The Morgan fingerprint density at radius 3 is 2.14 bits per heavy atom. The maximum atomic E-state index is 12.2. The van der Waals surface area contributed by atoms with Crippen molar-refractivity contribution in [2.75, 3.05) is 6.54 Å². The second-order valence-corrected chi connectivity index (χ2v) is 6.06. The van der Waals surface area contributed by atoms with Gasteiger partial charge in [-0.05, 0) is 18.3 Å². The van der Waals surface area contributed by atoms with Crippen LogP contribution >= 0.6 is 0 Å². The number of aliphatic carboxylic acids is 1. The molecule has 0 saturated carbocycles. The minimum absolute atomic E-state index is 0.163. The standard InChI is InChI=1S/C15H28N2O5/c1-5-10(4)8-16-14(21)11(6-9(2)3)17-15(22)12(18)7-13(19)20/h9-12,18H,5-8H2,1-4H3,(H,16,21)(H,17,22)(H,19,20)/t10?,11-,12?/m0/s1. The van der Waals surface area contributed by atoms with Crippen molar-refractivity contribution in [2.45, 2.75) is 59.1 Å². The molecule has 0 spiro atoms. The summed E-state index contributed by atoms with van der Waals surface area (Å²) < 4.78 is 0. The predicted molar refractivity (Wildman–Crippen MR) is 82.1 cm³/mol. The summed E-state index contributed by atoms with van der Waals surface area (Å²) in [6.45, 7) is 8.36. The number of aliphatic hydroxyl groups is 1. The SMILES string of the molecule is CCC(C)CNC(=O)[C@H](CC(C)C)NC(=O)C(O)CC(=O)O. The van der Waals surface area contributed by atoms with Gasteiger partial charge in [-0.15, -0.1) is 0 Å². The number of carboxylic acid groups (broad SMARTS) is 1. The van der Waals surface area contributed by atoms with Crippen molar-refractivity contribution in [2.24, 2.45) is 11.8 Å². The Bertz CT molecular complexity index is 384. The Kier molecular flexibility index (Phi) is 9.40. The molecule has 7 heteroatoms. The third kappa shape index (κ3) is 8.61. The number of aliphatic hydroxyl groups excluding tert-OH is 1. The number of nitrogens with one attached hydrogen (secondary N) is 2. The fourth-order valence-corrected chi connectivity index (χ4v) is 1.77. The summed E-state index contributed by atoms with van der Waals surface area (Å²) in [7, 11) is 0. The monoisotopic (exact) mass is 316 g/mol. The van der Waals surface area contributed by atoms with E-state index in [0.29, 0.717) is 18.9 Å². The molecule has 2 amide bonds. The van der Waals surface area contributed by atoms with E-state index in [1.807, 2.05) is 27.7 Å². The van der Waals surface area contributed by atoms with Gasteiger partial charge >= 0.3 is 5.97 Å². The lowest BCUT2D eigenvalue weighted by Crippen LogP contribution is -2.51. The average molecular weight is 316 g/mol. The van der Waals surface area contributed by atoms with Crippen LogP contribution in [0.25, 0.3) is 0 Å². The maximum absolute atomic E-state index is 12.2. The Hall–Kier alpha value is -1.63. The fourth-order valence-electron chi connectivity index (χ4n) is 1.77. The summed E-state index contributed by atoms with van der Waals surface area (Å²) in [4.78, 5) is 34.4. The molecule has 0 aliphatic rings. The zero-order valence-electron chi connectivity index (χ0n) is 13.8. The van der Waals surface area contributed by atoms with Crippen LogP contribution in [-0.4, -0.2) is 46.7 Å². The average Bonchev–Trinajstić information content (AvgIpc) is 2.42. The van der Waals surface area contributed by atoms with Gasteiger partial charge in [0.05, 0.1) is 6.42 Å². The van der Waals surface area contributed by atoms with Crippen molar-refractivity contribution in [1.82, 2.24) is 10.6 Å². The van der Waals surface area contributed by atoms with E-state index in [-0.39, 0.29) is 11.8 Å². The van der Waals surface area contributed by atoms with E-state index in [4.69, 9.17) is 5.11 Å². The second-order valence-electron chi connectivity index (χ2n) is 6.06. The van der Waals surface area contributed by atoms with Crippen molar-refractivity contribution in [3.05, 3.63) is 0 Å². The van der Waals surface area contributed by atoms with Gasteiger partial charge in [0.1, 0.15) is 12.1 Å². The van der Waals surface area contributed by atoms with Crippen LogP contribution in [0.3, 0.4) is 0 Å². The maximum Gasteiger partial charge on any atom is 0.306 e. The van der Waals surface area contributed by atoms with Gasteiger partial charge < -0.3 is 20.8 Å². The molecular weight excluding hydrogens is 288 g/mol. The Labute approximate surface area is 131 Å². The van der Waals surface area contributed by atoms with Crippen molar-refractivity contribution in [1.29, 1.82) is 0 Å². The Balaban J connectivity index is 4.65. The number of hydrogen-bond acceptors (Lipinski definition) is 4. The van der Waals surface area contributed by atoms with Gasteiger partial charge in [0.2, 0.25) is 11.8 Å². The van der Waals surface area contributed by atoms with Gasteiger partial charge in [-0.1, -0.05) is 34.1 Å². The molecule has 0 heterocycles. The Morgan fingerprint density at radius 1 is 1.09 bits per heavy atom. The van der Waals surface area contributed by atoms with Crippen LogP contribution in [0.2, 0.25) is 0 Å². The number of carbonyl (C=O) groups is 3.